The zero-order valence-electron chi connectivity index (χ0n) is 15.0. The zero-order valence-corrected chi connectivity index (χ0v) is 15.0. The molecule has 0 saturated heterocycles. The normalized spacial score (nSPS) is 14.3. The Morgan fingerprint density at radius 2 is 1.81 bits per heavy atom. The monoisotopic (exact) mass is 370 g/mol. The second kappa shape index (κ2) is 8.55. The fourth-order valence-electron chi connectivity index (χ4n) is 2.75. The van der Waals surface area contributed by atoms with E-state index in [0.29, 0.717) is 11.5 Å². The summed E-state index contributed by atoms with van der Waals surface area (Å²) in [6, 6.07) is 13.6. The summed E-state index contributed by atoms with van der Waals surface area (Å²) in [4.78, 5) is 24.7. The van der Waals surface area contributed by atoms with E-state index in [1.165, 1.54) is 0 Å². The zero-order chi connectivity index (χ0) is 19.2. The molecule has 1 heterocycles. The van der Waals surface area contributed by atoms with Crippen molar-refractivity contribution >= 4 is 11.8 Å². The first-order valence-electron chi connectivity index (χ1n) is 8.71. The molecule has 0 spiro atoms. The van der Waals surface area contributed by atoms with Crippen molar-refractivity contribution in [2.45, 2.75) is 25.4 Å². The number of ether oxygens (including phenoxy) is 2. The van der Waals surface area contributed by atoms with E-state index in [1.54, 1.807) is 19.1 Å². The Morgan fingerprint density at radius 1 is 1.07 bits per heavy atom. The number of hydrogen-bond acceptors (Lipinski definition) is 5. The Morgan fingerprint density at radius 3 is 2.56 bits per heavy atom. The van der Waals surface area contributed by atoms with Crippen molar-refractivity contribution in [3.63, 3.8) is 0 Å². The maximum atomic E-state index is 12.4. The molecule has 3 rings (SSSR count). The van der Waals surface area contributed by atoms with Crippen molar-refractivity contribution in [1.29, 1.82) is 0 Å². The van der Waals surface area contributed by atoms with Gasteiger partial charge in [0.25, 0.3) is 0 Å². The van der Waals surface area contributed by atoms with E-state index in [-0.39, 0.29) is 19.2 Å². The summed E-state index contributed by atoms with van der Waals surface area (Å²) in [6.07, 6.45) is 0. The van der Waals surface area contributed by atoms with Crippen LogP contribution in [-0.2, 0) is 16.1 Å². The molecule has 3 N–H and O–H groups in total. The molecule has 2 aromatic rings. The Balaban J connectivity index is 1.55. The summed E-state index contributed by atoms with van der Waals surface area (Å²) in [7, 11) is 0. The molecule has 2 unspecified atom stereocenters. The fraction of sp³-hybridized carbons (Fsp3) is 0.300. The molecule has 2 atom stereocenters. The van der Waals surface area contributed by atoms with Gasteiger partial charge in [-0.25, -0.2) is 0 Å². The van der Waals surface area contributed by atoms with Gasteiger partial charge in [0.15, 0.2) is 11.5 Å². The third kappa shape index (κ3) is 4.57. The van der Waals surface area contributed by atoms with E-state index in [2.05, 4.69) is 10.6 Å². The Kier molecular flexibility index (Phi) is 5.93. The Bertz CT molecular complexity index is 809. The lowest BCUT2D eigenvalue weighted by Crippen LogP contribution is -2.49. The van der Waals surface area contributed by atoms with Crippen LogP contribution < -0.4 is 20.1 Å². The molecule has 0 fully saturated rings. The van der Waals surface area contributed by atoms with E-state index >= 15 is 0 Å². The number of hydrogen-bond donors (Lipinski definition) is 3. The maximum Gasteiger partial charge on any atom is 0.245 e. The van der Waals surface area contributed by atoms with E-state index in [4.69, 9.17) is 9.47 Å². The highest BCUT2D eigenvalue weighted by Gasteiger charge is 2.23. The minimum atomic E-state index is -1.02. The smallest absolute Gasteiger partial charge is 0.245 e. The molecular formula is C20H22N2O5. The van der Waals surface area contributed by atoms with Crippen LogP contribution in [0, 0.1) is 0 Å². The van der Waals surface area contributed by atoms with Gasteiger partial charge in [0.2, 0.25) is 18.6 Å². The van der Waals surface area contributed by atoms with Crippen LogP contribution >= 0.6 is 0 Å². The first-order chi connectivity index (χ1) is 13.1. The molecule has 0 aromatic heterocycles. The molecule has 0 bridgehead atoms. The number of fused-ring (bicyclic) bond motifs is 1. The largest absolute Gasteiger partial charge is 0.454 e. The highest BCUT2D eigenvalue weighted by atomic mass is 16.7. The minimum Gasteiger partial charge on any atom is -0.454 e. The average molecular weight is 370 g/mol. The van der Waals surface area contributed by atoms with Gasteiger partial charge in [0, 0.05) is 6.54 Å². The molecule has 0 saturated carbocycles. The molecule has 0 aliphatic carbocycles. The minimum absolute atomic E-state index is 0.184. The molecular weight excluding hydrogens is 348 g/mol. The quantitative estimate of drug-likeness (QED) is 0.683. The molecule has 7 heteroatoms. The van der Waals surface area contributed by atoms with Gasteiger partial charge in [-0.3, -0.25) is 9.59 Å². The summed E-state index contributed by atoms with van der Waals surface area (Å²) in [5.41, 5.74) is 1.67. The van der Waals surface area contributed by atoms with Crippen LogP contribution in [0.15, 0.2) is 48.5 Å². The first-order valence-corrected chi connectivity index (χ1v) is 8.71. The predicted octanol–water partition coefficient (Wildman–Crippen LogP) is 1.31. The van der Waals surface area contributed by atoms with E-state index < -0.39 is 24.5 Å². The number of amides is 2. The maximum absolute atomic E-state index is 12.4. The van der Waals surface area contributed by atoms with Crippen molar-refractivity contribution < 1.29 is 24.2 Å². The Hall–Kier alpha value is -3.06. The second-order valence-corrected chi connectivity index (χ2v) is 6.28. The average Bonchev–Trinajstić information content (AvgIpc) is 3.18. The lowest BCUT2D eigenvalue weighted by Gasteiger charge is -2.19. The lowest BCUT2D eigenvalue weighted by molar-refractivity contribution is -0.130. The fourth-order valence-corrected chi connectivity index (χ4v) is 2.75. The van der Waals surface area contributed by atoms with Gasteiger partial charge in [0.05, 0.1) is 12.5 Å². The number of benzene rings is 2. The van der Waals surface area contributed by atoms with Crippen molar-refractivity contribution in [3.8, 4) is 11.5 Å². The molecule has 1 aliphatic rings. The molecule has 142 valence electrons. The van der Waals surface area contributed by atoms with Crippen molar-refractivity contribution in [3.05, 3.63) is 59.7 Å². The lowest BCUT2D eigenvalue weighted by atomic mass is 10.00. The molecule has 2 aromatic carbocycles. The van der Waals surface area contributed by atoms with Gasteiger partial charge in [-0.1, -0.05) is 36.4 Å². The number of rotatable bonds is 7. The summed E-state index contributed by atoms with van der Waals surface area (Å²) in [5, 5.41) is 14.8. The van der Waals surface area contributed by atoms with Crippen LogP contribution in [0.4, 0.5) is 0 Å². The van der Waals surface area contributed by atoms with Crippen LogP contribution in [0.3, 0.4) is 0 Å². The van der Waals surface area contributed by atoms with E-state index in [9.17, 15) is 14.7 Å². The van der Waals surface area contributed by atoms with Gasteiger partial charge >= 0.3 is 0 Å². The van der Waals surface area contributed by atoms with Crippen LogP contribution in [0.1, 0.15) is 24.0 Å². The van der Waals surface area contributed by atoms with Crippen molar-refractivity contribution in [1.82, 2.24) is 10.6 Å². The molecule has 0 radical (unpaired) electrons. The van der Waals surface area contributed by atoms with Gasteiger partial charge in [-0.15, -0.1) is 0 Å². The number of carbonyl (C=O) groups is 2. The molecule has 27 heavy (non-hydrogen) atoms. The highest BCUT2D eigenvalue weighted by molar-refractivity contribution is 5.90. The second-order valence-electron chi connectivity index (χ2n) is 6.28. The SMILES string of the molecule is CC(C(=O)NC(CO)C(=O)NCc1ccc2c(c1)OCO2)c1ccccc1. The number of aliphatic hydroxyl groups excluding tert-OH is 1. The van der Waals surface area contributed by atoms with Crippen molar-refractivity contribution in [2.75, 3.05) is 13.4 Å². The van der Waals surface area contributed by atoms with E-state index in [0.717, 1.165) is 11.1 Å². The summed E-state index contributed by atoms with van der Waals surface area (Å²) >= 11 is 0. The van der Waals surface area contributed by atoms with Crippen LogP contribution in [0.5, 0.6) is 11.5 Å². The van der Waals surface area contributed by atoms with Crippen molar-refractivity contribution in [2.24, 2.45) is 0 Å². The summed E-state index contributed by atoms with van der Waals surface area (Å²) in [6.45, 7) is 1.70. The first kappa shape index (κ1) is 18.7. The van der Waals surface area contributed by atoms with E-state index in [1.807, 2.05) is 36.4 Å². The number of carbonyl (C=O) groups excluding carboxylic acids is 2. The van der Waals surface area contributed by atoms with Crippen LogP contribution in [0.25, 0.3) is 0 Å². The number of aliphatic hydroxyl groups is 1. The predicted molar refractivity (Wildman–Crippen MR) is 98.3 cm³/mol. The molecule has 1 aliphatic heterocycles. The number of nitrogens with one attached hydrogen (secondary N) is 2. The van der Waals surface area contributed by atoms with Gasteiger partial charge in [-0.2, -0.15) is 0 Å². The topological polar surface area (TPSA) is 96.9 Å². The third-order valence-corrected chi connectivity index (χ3v) is 4.41. The Labute approximate surface area is 157 Å². The molecule has 7 nitrogen and oxygen atoms in total. The highest BCUT2D eigenvalue weighted by Crippen LogP contribution is 2.32. The standard InChI is InChI=1S/C20H22N2O5/c1-13(15-5-3-2-4-6-15)19(24)22-16(11-23)20(25)21-10-14-7-8-17-18(9-14)27-12-26-17/h2-9,13,16,23H,10-12H2,1H3,(H,21,25)(H,22,24). The van der Waals surface area contributed by atoms with Crippen LogP contribution in [-0.4, -0.2) is 36.4 Å². The molecule has 2 amide bonds. The summed E-state index contributed by atoms with van der Waals surface area (Å²) in [5.74, 6) is 0.0927. The van der Waals surface area contributed by atoms with Gasteiger partial charge in [0.1, 0.15) is 6.04 Å². The summed E-state index contributed by atoms with van der Waals surface area (Å²) < 4.78 is 10.6. The van der Waals surface area contributed by atoms with Gasteiger partial charge < -0.3 is 25.2 Å². The van der Waals surface area contributed by atoms with Gasteiger partial charge in [-0.05, 0) is 30.2 Å². The van der Waals surface area contributed by atoms with Crippen LogP contribution in [0.2, 0.25) is 0 Å². The third-order valence-electron chi connectivity index (χ3n) is 4.41.